The number of benzene rings is 1. The highest BCUT2D eigenvalue weighted by atomic mass is 15.1. The van der Waals surface area contributed by atoms with Gasteiger partial charge in [-0.15, -0.1) is 0 Å². The molecule has 1 unspecified atom stereocenters. The predicted octanol–water partition coefficient (Wildman–Crippen LogP) is 2.98. The molecule has 1 heteroatoms. The summed E-state index contributed by atoms with van der Waals surface area (Å²) in [7, 11) is 0. The number of likely N-dealkylation sites (N-methyl/N-ethyl adjacent to an activating group) is 1. The van der Waals surface area contributed by atoms with Crippen molar-refractivity contribution < 1.29 is 0 Å². The molecule has 1 aliphatic heterocycles. The average Bonchev–Trinajstić information content (AvgIpc) is 2.51. The van der Waals surface area contributed by atoms with Crippen LogP contribution in [0.3, 0.4) is 0 Å². The molecule has 0 aromatic heterocycles. The van der Waals surface area contributed by atoms with Crippen molar-refractivity contribution >= 4 is 0 Å². The van der Waals surface area contributed by atoms with Gasteiger partial charge >= 0.3 is 0 Å². The van der Waals surface area contributed by atoms with Crippen LogP contribution in [0.1, 0.15) is 42.4 Å². The van der Waals surface area contributed by atoms with Crippen molar-refractivity contribution in [1.82, 2.24) is 4.90 Å². The summed E-state index contributed by atoms with van der Waals surface area (Å²) in [5, 5.41) is 0. The van der Waals surface area contributed by atoms with Gasteiger partial charge < -0.3 is 4.90 Å². The van der Waals surface area contributed by atoms with E-state index in [2.05, 4.69) is 30.0 Å². The maximum atomic E-state index is 2.62. The van der Waals surface area contributed by atoms with Crippen LogP contribution < -0.4 is 0 Å². The molecule has 1 aromatic carbocycles. The third-order valence-corrected chi connectivity index (χ3v) is 4.32. The molecule has 2 aliphatic rings. The van der Waals surface area contributed by atoms with E-state index in [1.54, 1.807) is 16.7 Å². The van der Waals surface area contributed by atoms with Gasteiger partial charge in [0.05, 0.1) is 0 Å². The first-order valence-corrected chi connectivity index (χ1v) is 6.71. The summed E-state index contributed by atoms with van der Waals surface area (Å²) >= 11 is 0. The molecule has 86 valence electrons. The Bertz CT molecular complexity index is 383. The first-order valence-electron chi connectivity index (χ1n) is 6.71. The maximum Gasteiger partial charge on any atom is 0.00505 e. The standard InChI is InChI=1S/C15H21N/c1-2-16-10-9-13-7-3-5-12-6-4-8-14(11-16)15(12)13/h3,5,7,14H,2,4,6,8-11H2,1H3. The quantitative estimate of drug-likeness (QED) is 0.696. The number of hydrogen-bond donors (Lipinski definition) is 0. The summed E-state index contributed by atoms with van der Waals surface area (Å²) in [6.45, 7) is 6.05. The van der Waals surface area contributed by atoms with Crippen LogP contribution >= 0.6 is 0 Å². The van der Waals surface area contributed by atoms with Gasteiger partial charge in [-0.1, -0.05) is 25.1 Å². The van der Waals surface area contributed by atoms with E-state index in [0.29, 0.717) is 0 Å². The Morgan fingerprint density at radius 3 is 2.88 bits per heavy atom. The van der Waals surface area contributed by atoms with Gasteiger partial charge in [0.25, 0.3) is 0 Å². The molecule has 1 aromatic rings. The molecule has 0 saturated heterocycles. The number of nitrogens with zero attached hydrogens (tertiary/aromatic N) is 1. The van der Waals surface area contributed by atoms with Crippen LogP contribution in [0.4, 0.5) is 0 Å². The predicted molar refractivity (Wildman–Crippen MR) is 67.9 cm³/mol. The topological polar surface area (TPSA) is 3.24 Å². The normalized spacial score (nSPS) is 24.9. The molecule has 1 heterocycles. The van der Waals surface area contributed by atoms with Crippen molar-refractivity contribution in [1.29, 1.82) is 0 Å². The Morgan fingerprint density at radius 2 is 2.06 bits per heavy atom. The molecule has 1 aliphatic carbocycles. The van der Waals surface area contributed by atoms with Crippen molar-refractivity contribution in [3.8, 4) is 0 Å². The fraction of sp³-hybridized carbons (Fsp3) is 0.600. The molecule has 1 atom stereocenters. The Morgan fingerprint density at radius 1 is 1.25 bits per heavy atom. The third kappa shape index (κ3) is 1.67. The highest BCUT2D eigenvalue weighted by molar-refractivity contribution is 5.41. The zero-order valence-electron chi connectivity index (χ0n) is 10.2. The molecule has 0 amide bonds. The lowest BCUT2D eigenvalue weighted by molar-refractivity contribution is 0.273. The first-order chi connectivity index (χ1) is 7.88. The van der Waals surface area contributed by atoms with Gasteiger partial charge in [-0.3, -0.25) is 0 Å². The van der Waals surface area contributed by atoms with Gasteiger partial charge in [0.1, 0.15) is 0 Å². The fourth-order valence-corrected chi connectivity index (χ4v) is 3.46. The van der Waals surface area contributed by atoms with E-state index < -0.39 is 0 Å². The Labute approximate surface area is 98.5 Å². The van der Waals surface area contributed by atoms with E-state index in [4.69, 9.17) is 0 Å². The molecule has 0 fully saturated rings. The minimum Gasteiger partial charge on any atom is -0.303 e. The molecule has 3 rings (SSSR count). The van der Waals surface area contributed by atoms with Crippen LogP contribution in [0.15, 0.2) is 18.2 Å². The average molecular weight is 215 g/mol. The molecule has 0 N–H and O–H groups in total. The number of aryl methyl sites for hydroxylation is 1. The van der Waals surface area contributed by atoms with Gasteiger partial charge in [-0.2, -0.15) is 0 Å². The summed E-state index contributed by atoms with van der Waals surface area (Å²) in [6, 6.07) is 6.97. The molecule has 16 heavy (non-hydrogen) atoms. The zero-order chi connectivity index (χ0) is 11.0. The van der Waals surface area contributed by atoms with Crippen LogP contribution in [-0.4, -0.2) is 24.5 Å². The lowest BCUT2D eigenvalue weighted by Crippen LogP contribution is -2.29. The smallest absolute Gasteiger partial charge is 0.00505 e. The Hall–Kier alpha value is -0.820. The molecule has 0 radical (unpaired) electrons. The lowest BCUT2D eigenvalue weighted by Gasteiger charge is -2.28. The molecular formula is C15H21N. The molecule has 1 nitrogen and oxygen atoms in total. The van der Waals surface area contributed by atoms with Crippen LogP contribution in [-0.2, 0) is 12.8 Å². The SMILES string of the molecule is CCN1CCc2cccc3c2C(CCC3)C1. The number of rotatable bonds is 1. The minimum absolute atomic E-state index is 0.822. The summed E-state index contributed by atoms with van der Waals surface area (Å²) in [5.74, 6) is 0.822. The van der Waals surface area contributed by atoms with Crippen molar-refractivity contribution in [3.63, 3.8) is 0 Å². The highest BCUT2D eigenvalue weighted by Crippen LogP contribution is 2.36. The second-order valence-corrected chi connectivity index (χ2v) is 5.22. The van der Waals surface area contributed by atoms with Gasteiger partial charge in [0, 0.05) is 13.1 Å². The van der Waals surface area contributed by atoms with E-state index in [1.165, 1.54) is 45.3 Å². The van der Waals surface area contributed by atoms with Crippen LogP contribution in [0.5, 0.6) is 0 Å². The lowest BCUT2D eigenvalue weighted by atomic mass is 9.80. The molecular weight excluding hydrogens is 194 g/mol. The third-order valence-electron chi connectivity index (χ3n) is 4.32. The monoisotopic (exact) mass is 215 g/mol. The summed E-state index contributed by atoms with van der Waals surface area (Å²) < 4.78 is 0. The second kappa shape index (κ2) is 4.21. The van der Waals surface area contributed by atoms with Gasteiger partial charge in [-0.25, -0.2) is 0 Å². The van der Waals surface area contributed by atoms with Gasteiger partial charge in [-0.05, 0) is 54.8 Å². The Kier molecular flexibility index (Phi) is 2.72. The maximum absolute atomic E-state index is 2.62. The largest absolute Gasteiger partial charge is 0.303 e. The van der Waals surface area contributed by atoms with E-state index in [0.717, 1.165) is 5.92 Å². The molecule has 0 bridgehead atoms. The van der Waals surface area contributed by atoms with Crippen molar-refractivity contribution in [2.45, 2.75) is 38.5 Å². The van der Waals surface area contributed by atoms with Crippen LogP contribution in [0.2, 0.25) is 0 Å². The first kappa shape index (κ1) is 10.3. The molecule has 0 saturated carbocycles. The summed E-state index contributed by atoms with van der Waals surface area (Å²) in [5.41, 5.74) is 5.01. The Balaban J connectivity index is 2.02. The zero-order valence-corrected chi connectivity index (χ0v) is 10.2. The van der Waals surface area contributed by atoms with Crippen LogP contribution in [0, 0.1) is 0 Å². The van der Waals surface area contributed by atoms with Gasteiger partial charge in [0.2, 0.25) is 0 Å². The van der Waals surface area contributed by atoms with Crippen molar-refractivity contribution in [2.75, 3.05) is 19.6 Å². The summed E-state index contributed by atoms with van der Waals surface area (Å²) in [6.07, 6.45) is 5.36. The van der Waals surface area contributed by atoms with E-state index in [-0.39, 0.29) is 0 Å². The summed E-state index contributed by atoms with van der Waals surface area (Å²) in [4.78, 5) is 2.62. The fourth-order valence-electron chi connectivity index (χ4n) is 3.46. The van der Waals surface area contributed by atoms with E-state index in [1.807, 2.05) is 0 Å². The van der Waals surface area contributed by atoms with E-state index in [9.17, 15) is 0 Å². The highest BCUT2D eigenvalue weighted by Gasteiger charge is 2.26. The van der Waals surface area contributed by atoms with Gasteiger partial charge in [0.15, 0.2) is 0 Å². The van der Waals surface area contributed by atoms with Crippen molar-refractivity contribution in [3.05, 3.63) is 34.9 Å². The molecule has 0 spiro atoms. The van der Waals surface area contributed by atoms with Crippen LogP contribution in [0.25, 0.3) is 0 Å². The second-order valence-electron chi connectivity index (χ2n) is 5.22. The van der Waals surface area contributed by atoms with E-state index >= 15 is 0 Å². The number of hydrogen-bond acceptors (Lipinski definition) is 1. The minimum atomic E-state index is 0.822. The van der Waals surface area contributed by atoms with Crippen molar-refractivity contribution in [2.24, 2.45) is 0 Å².